The zero-order valence-corrected chi connectivity index (χ0v) is 18.7. The monoisotopic (exact) mass is 464 g/mol. The van der Waals surface area contributed by atoms with Crippen LogP contribution in [0.1, 0.15) is 40.8 Å². The minimum absolute atomic E-state index is 0.216. The predicted octanol–water partition coefficient (Wildman–Crippen LogP) is 2.53. The van der Waals surface area contributed by atoms with Gasteiger partial charge in [-0.1, -0.05) is 12.1 Å². The minimum Gasteiger partial charge on any atom is -0.481 e. The quantitative estimate of drug-likeness (QED) is 0.562. The van der Waals surface area contributed by atoms with Gasteiger partial charge in [-0.25, -0.2) is 9.50 Å². The van der Waals surface area contributed by atoms with Crippen molar-refractivity contribution in [2.75, 3.05) is 0 Å². The predicted molar refractivity (Wildman–Crippen MR) is 111 cm³/mol. The Balaban J connectivity index is 1.65. The van der Waals surface area contributed by atoms with Crippen LogP contribution in [-0.2, 0) is 22.2 Å². The maximum Gasteiger partial charge on any atom is 0.453 e. The Morgan fingerprint density at radius 3 is 2.48 bits per heavy atom. The van der Waals surface area contributed by atoms with Crippen LogP contribution in [0.3, 0.4) is 0 Å². The van der Waals surface area contributed by atoms with Crippen molar-refractivity contribution >= 4 is 17.6 Å². The molecule has 1 atom stereocenters. The summed E-state index contributed by atoms with van der Waals surface area (Å²) < 4.78 is 45.3. The first-order valence-corrected chi connectivity index (χ1v) is 10.00. The summed E-state index contributed by atoms with van der Waals surface area (Å²) in [5.41, 5.74) is 7.47. The van der Waals surface area contributed by atoms with Crippen LogP contribution < -0.4 is 15.6 Å². The molecule has 1 aromatic carbocycles. The number of hydrogen-bond acceptors (Lipinski definition) is 6. The third-order valence-corrected chi connectivity index (χ3v) is 5.19. The number of alkyl halides is 3. The highest BCUT2D eigenvalue weighted by Crippen LogP contribution is 2.27. The fourth-order valence-corrected chi connectivity index (χ4v) is 3.12. The fraction of sp³-hybridized carbons (Fsp3) is 0.381. The van der Waals surface area contributed by atoms with E-state index in [1.807, 2.05) is 26.0 Å². The summed E-state index contributed by atoms with van der Waals surface area (Å²) in [5.74, 6) is -2.14. The van der Waals surface area contributed by atoms with E-state index in [1.165, 1.54) is 6.92 Å². The van der Waals surface area contributed by atoms with Crippen molar-refractivity contribution in [2.24, 2.45) is 0 Å². The number of rotatable bonds is 5. The van der Waals surface area contributed by atoms with Crippen LogP contribution in [0.2, 0.25) is 0 Å². The van der Waals surface area contributed by atoms with Gasteiger partial charge in [-0.3, -0.25) is 20.4 Å². The highest BCUT2D eigenvalue weighted by molar-refractivity contribution is 5.85. The molecule has 0 spiro atoms. The van der Waals surface area contributed by atoms with Crippen LogP contribution in [0.5, 0.6) is 5.75 Å². The smallest absolute Gasteiger partial charge is 0.453 e. The van der Waals surface area contributed by atoms with Crippen molar-refractivity contribution in [1.29, 1.82) is 0 Å². The number of halogens is 3. The number of ether oxygens (including phenoxy) is 1. The van der Waals surface area contributed by atoms with Crippen LogP contribution in [-0.4, -0.2) is 37.5 Å². The third-order valence-electron chi connectivity index (χ3n) is 5.19. The van der Waals surface area contributed by atoms with Gasteiger partial charge in [0.25, 0.3) is 17.5 Å². The molecule has 0 bridgehead atoms. The number of carbonyl (C=O) groups is 2. The Morgan fingerprint density at radius 2 is 1.82 bits per heavy atom. The number of aryl methyl sites for hydroxylation is 3. The molecular formula is C21H23F3N6O3. The molecule has 9 nitrogen and oxygen atoms in total. The third kappa shape index (κ3) is 5.21. The second-order valence-electron chi connectivity index (χ2n) is 7.58. The SMILES string of the molecule is Cc1cccc(OC(C)C(=O)NNC(=O)Cc2c(C)nc3nc(C(F)(F)F)nn3c2C)c1C. The summed E-state index contributed by atoms with van der Waals surface area (Å²) in [7, 11) is 0. The van der Waals surface area contributed by atoms with Crippen molar-refractivity contribution in [3.63, 3.8) is 0 Å². The van der Waals surface area contributed by atoms with Crippen molar-refractivity contribution in [2.45, 2.75) is 53.3 Å². The van der Waals surface area contributed by atoms with Crippen LogP contribution in [0.25, 0.3) is 5.78 Å². The Kier molecular flexibility index (Phi) is 6.56. The van der Waals surface area contributed by atoms with Crippen molar-refractivity contribution < 1.29 is 27.5 Å². The first-order valence-electron chi connectivity index (χ1n) is 10.00. The number of benzene rings is 1. The van der Waals surface area contributed by atoms with E-state index in [0.717, 1.165) is 15.6 Å². The van der Waals surface area contributed by atoms with E-state index in [2.05, 4.69) is 25.9 Å². The summed E-state index contributed by atoms with van der Waals surface area (Å²) in [5, 5.41) is 3.44. The highest BCUT2D eigenvalue weighted by atomic mass is 19.4. The van der Waals surface area contributed by atoms with Gasteiger partial charge in [0.05, 0.1) is 6.42 Å². The number of hydrazine groups is 1. The van der Waals surface area contributed by atoms with Gasteiger partial charge in [0.2, 0.25) is 5.91 Å². The number of carbonyl (C=O) groups excluding carboxylic acids is 2. The van der Waals surface area contributed by atoms with E-state index in [4.69, 9.17) is 4.74 Å². The lowest BCUT2D eigenvalue weighted by atomic mass is 10.1. The lowest BCUT2D eigenvalue weighted by Crippen LogP contribution is -2.47. The molecule has 1 unspecified atom stereocenters. The van der Waals surface area contributed by atoms with Gasteiger partial charge in [-0.15, -0.1) is 5.10 Å². The largest absolute Gasteiger partial charge is 0.481 e. The molecule has 12 heteroatoms. The number of aromatic nitrogens is 4. The van der Waals surface area contributed by atoms with Crippen LogP contribution in [0, 0.1) is 27.7 Å². The number of fused-ring (bicyclic) bond motifs is 1. The zero-order chi connectivity index (χ0) is 24.5. The molecule has 0 aliphatic rings. The molecule has 2 heterocycles. The molecule has 2 aromatic heterocycles. The van der Waals surface area contributed by atoms with Gasteiger partial charge in [0.1, 0.15) is 5.75 Å². The van der Waals surface area contributed by atoms with E-state index < -0.39 is 29.9 Å². The van der Waals surface area contributed by atoms with Gasteiger partial charge < -0.3 is 4.74 Å². The molecule has 0 aliphatic carbocycles. The summed E-state index contributed by atoms with van der Waals surface area (Å²) in [6, 6.07) is 5.48. The number of amides is 2. The average Bonchev–Trinajstić information content (AvgIpc) is 3.17. The molecule has 3 rings (SSSR count). The second kappa shape index (κ2) is 9.04. The van der Waals surface area contributed by atoms with E-state index in [0.29, 0.717) is 17.0 Å². The van der Waals surface area contributed by atoms with E-state index in [1.54, 1.807) is 19.9 Å². The van der Waals surface area contributed by atoms with Crippen LogP contribution in [0.15, 0.2) is 18.2 Å². The average molecular weight is 464 g/mol. The van der Waals surface area contributed by atoms with Gasteiger partial charge in [0.15, 0.2) is 6.10 Å². The Bertz CT molecular complexity index is 1220. The second-order valence-corrected chi connectivity index (χ2v) is 7.58. The first kappa shape index (κ1) is 24.0. The summed E-state index contributed by atoms with van der Waals surface area (Å²) >= 11 is 0. The van der Waals surface area contributed by atoms with E-state index in [9.17, 15) is 22.8 Å². The summed E-state index contributed by atoms with van der Waals surface area (Å²) in [6.45, 7) is 8.40. The molecule has 0 saturated carbocycles. The minimum atomic E-state index is -4.72. The molecule has 33 heavy (non-hydrogen) atoms. The van der Waals surface area contributed by atoms with Gasteiger partial charge in [-0.05, 0) is 51.8 Å². The normalized spacial score (nSPS) is 12.5. The standard InChI is InChI=1S/C21H23F3N6O3/c1-10-7-6-8-16(11(10)2)33-14(5)18(32)28-27-17(31)9-15-12(3)25-20-26-19(21(22,23)24)29-30(20)13(15)4/h6-8,14H,9H2,1-5H3,(H,27,31)(H,28,32). The molecule has 2 amide bonds. The maximum atomic E-state index is 12.9. The molecule has 0 radical (unpaired) electrons. The lowest BCUT2D eigenvalue weighted by Gasteiger charge is -2.17. The summed E-state index contributed by atoms with van der Waals surface area (Å²) in [4.78, 5) is 32.1. The molecular weight excluding hydrogens is 441 g/mol. The molecule has 0 aliphatic heterocycles. The van der Waals surface area contributed by atoms with Crippen LogP contribution >= 0.6 is 0 Å². The lowest BCUT2D eigenvalue weighted by molar-refractivity contribution is -0.144. The Hall–Kier alpha value is -3.70. The zero-order valence-electron chi connectivity index (χ0n) is 18.7. The van der Waals surface area contributed by atoms with Crippen molar-refractivity contribution in [1.82, 2.24) is 30.4 Å². The molecule has 0 fully saturated rings. The Morgan fingerprint density at radius 1 is 1.12 bits per heavy atom. The molecule has 0 saturated heterocycles. The number of hydrogen-bond donors (Lipinski definition) is 2. The summed E-state index contributed by atoms with van der Waals surface area (Å²) in [6.07, 6.45) is -5.84. The van der Waals surface area contributed by atoms with Crippen molar-refractivity contribution in [3.05, 3.63) is 52.1 Å². The van der Waals surface area contributed by atoms with Gasteiger partial charge >= 0.3 is 6.18 Å². The number of nitrogens with zero attached hydrogens (tertiary/aromatic N) is 4. The van der Waals surface area contributed by atoms with Gasteiger partial charge in [0, 0.05) is 17.0 Å². The molecule has 2 N–H and O–H groups in total. The molecule has 176 valence electrons. The number of nitrogens with one attached hydrogen (secondary N) is 2. The van der Waals surface area contributed by atoms with E-state index in [-0.39, 0.29) is 17.9 Å². The van der Waals surface area contributed by atoms with Crippen LogP contribution in [0.4, 0.5) is 13.2 Å². The van der Waals surface area contributed by atoms with E-state index >= 15 is 0 Å². The maximum absolute atomic E-state index is 12.9. The first-order chi connectivity index (χ1) is 15.4. The highest BCUT2D eigenvalue weighted by Gasteiger charge is 2.37. The van der Waals surface area contributed by atoms with Gasteiger partial charge in [-0.2, -0.15) is 18.2 Å². The molecule has 3 aromatic rings. The topological polar surface area (TPSA) is 111 Å². The fourth-order valence-electron chi connectivity index (χ4n) is 3.12. The Labute approximate surface area is 187 Å². The van der Waals surface area contributed by atoms with Crippen molar-refractivity contribution in [3.8, 4) is 5.75 Å².